The number of aryl methyl sites for hydroxylation is 1. The maximum atomic E-state index is 5.87. The van der Waals surface area contributed by atoms with Crippen LogP contribution in [0.1, 0.15) is 42.9 Å². The van der Waals surface area contributed by atoms with E-state index in [0.717, 1.165) is 18.1 Å². The van der Waals surface area contributed by atoms with Crippen molar-refractivity contribution < 1.29 is 0 Å². The summed E-state index contributed by atoms with van der Waals surface area (Å²) in [7, 11) is 0. The van der Waals surface area contributed by atoms with E-state index < -0.39 is 0 Å². The first-order chi connectivity index (χ1) is 7.25. The molecule has 0 aliphatic heterocycles. The number of hydrogen-bond acceptors (Lipinski definition) is 3. The second-order valence-electron chi connectivity index (χ2n) is 4.60. The van der Waals surface area contributed by atoms with Crippen LogP contribution in [0.5, 0.6) is 0 Å². The van der Waals surface area contributed by atoms with Crippen LogP contribution in [0, 0.1) is 6.92 Å². The summed E-state index contributed by atoms with van der Waals surface area (Å²) < 4.78 is 2.30. The molecule has 0 amide bonds. The molecular formula is C11H16N4. The number of nitrogens with zero attached hydrogens (tertiary/aromatic N) is 3. The molecule has 0 bridgehead atoms. The highest BCUT2D eigenvalue weighted by atomic mass is 15.3. The summed E-state index contributed by atoms with van der Waals surface area (Å²) in [5.41, 5.74) is 5.87. The Labute approximate surface area is 89.2 Å². The molecule has 0 spiro atoms. The van der Waals surface area contributed by atoms with E-state index in [1.54, 1.807) is 0 Å². The van der Waals surface area contributed by atoms with E-state index in [-0.39, 0.29) is 6.04 Å². The predicted molar refractivity (Wildman–Crippen MR) is 57.5 cm³/mol. The van der Waals surface area contributed by atoms with Gasteiger partial charge in [-0.3, -0.25) is 0 Å². The van der Waals surface area contributed by atoms with Crippen LogP contribution in [0.15, 0.2) is 12.2 Å². The Morgan fingerprint density at radius 2 is 2.13 bits per heavy atom. The van der Waals surface area contributed by atoms with Crippen molar-refractivity contribution in [3.63, 3.8) is 0 Å². The summed E-state index contributed by atoms with van der Waals surface area (Å²) in [6.45, 7) is 2.04. The standard InChI is InChI=1S/C11H16N4/c1-7-13-14-11(15(7)10-4-5-10)8-2-3-9(12)6-8/h2-3,8-10H,4-6,12H2,1H3. The van der Waals surface area contributed by atoms with Gasteiger partial charge in [0.25, 0.3) is 0 Å². The lowest BCUT2D eigenvalue weighted by atomic mass is 10.1. The zero-order chi connectivity index (χ0) is 10.4. The molecule has 1 fully saturated rings. The number of rotatable bonds is 2. The minimum Gasteiger partial charge on any atom is -0.324 e. The Morgan fingerprint density at radius 3 is 2.73 bits per heavy atom. The molecule has 1 aromatic heterocycles. The van der Waals surface area contributed by atoms with Gasteiger partial charge in [-0.05, 0) is 26.2 Å². The lowest BCUT2D eigenvalue weighted by Gasteiger charge is -2.11. The van der Waals surface area contributed by atoms with Crippen LogP contribution in [0.4, 0.5) is 0 Å². The van der Waals surface area contributed by atoms with E-state index in [9.17, 15) is 0 Å². The molecule has 1 saturated carbocycles. The normalized spacial score (nSPS) is 30.0. The molecule has 2 aliphatic rings. The molecule has 0 radical (unpaired) electrons. The third kappa shape index (κ3) is 1.49. The summed E-state index contributed by atoms with van der Waals surface area (Å²) in [5, 5.41) is 8.49. The van der Waals surface area contributed by atoms with Crippen molar-refractivity contribution in [3.05, 3.63) is 23.8 Å². The fourth-order valence-electron chi connectivity index (χ4n) is 2.34. The van der Waals surface area contributed by atoms with Crippen LogP contribution < -0.4 is 5.73 Å². The van der Waals surface area contributed by atoms with Crippen molar-refractivity contribution in [2.45, 2.75) is 44.2 Å². The average molecular weight is 204 g/mol. The summed E-state index contributed by atoms with van der Waals surface area (Å²) in [6.07, 6.45) is 7.77. The van der Waals surface area contributed by atoms with Crippen LogP contribution in [-0.4, -0.2) is 20.8 Å². The van der Waals surface area contributed by atoms with Gasteiger partial charge in [0.05, 0.1) is 0 Å². The predicted octanol–water partition coefficient (Wildman–Crippen LogP) is 1.29. The Bertz CT molecular complexity index is 403. The van der Waals surface area contributed by atoms with Gasteiger partial charge in [-0.2, -0.15) is 0 Å². The van der Waals surface area contributed by atoms with Gasteiger partial charge in [-0.25, -0.2) is 0 Å². The van der Waals surface area contributed by atoms with Crippen LogP contribution in [-0.2, 0) is 0 Å². The zero-order valence-electron chi connectivity index (χ0n) is 8.93. The summed E-state index contributed by atoms with van der Waals surface area (Å²) in [4.78, 5) is 0. The highest BCUT2D eigenvalue weighted by molar-refractivity contribution is 5.19. The van der Waals surface area contributed by atoms with E-state index in [1.807, 2.05) is 6.92 Å². The van der Waals surface area contributed by atoms with Gasteiger partial charge in [0, 0.05) is 18.0 Å². The van der Waals surface area contributed by atoms with Crippen LogP contribution >= 0.6 is 0 Å². The average Bonchev–Trinajstić information content (AvgIpc) is 2.84. The van der Waals surface area contributed by atoms with Crippen molar-refractivity contribution in [3.8, 4) is 0 Å². The molecule has 4 heteroatoms. The van der Waals surface area contributed by atoms with E-state index in [0.29, 0.717) is 12.0 Å². The van der Waals surface area contributed by atoms with Gasteiger partial charge < -0.3 is 10.3 Å². The lowest BCUT2D eigenvalue weighted by molar-refractivity contribution is 0.603. The molecule has 2 unspecified atom stereocenters. The van der Waals surface area contributed by atoms with Crippen molar-refractivity contribution in [2.75, 3.05) is 0 Å². The van der Waals surface area contributed by atoms with Gasteiger partial charge in [0.1, 0.15) is 11.6 Å². The molecule has 3 rings (SSSR count). The second-order valence-corrected chi connectivity index (χ2v) is 4.60. The monoisotopic (exact) mass is 204 g/mol. The van der Waals surface area contributed by atoms with Crippen molar-refractivity contribution in [2.24, 2.45) is 5.73 Å². The van der Waals surface area contributed by atoms with Crippen molar-refractivity contribution in [1.29, 1.82) is 0 Å². The van der Waals surface area contributed by atoms with Crippen molar-refractivity contribution in [1.82, 2.24) is 14.8 Å². The fraction of sp³-hybridized carbons (Fsp3) is 0.636. The largest absolute Gasteiger partial charge is 0.324 e. The molecule has 0 aromatic carbocycles. The van der Waals surface area contributed by atoms with Gasteiger partial charge >= 0.3 is 0 Å². The number of allylic oxidation sites excluding steroid dienone is 1. The van der Waals surface area contributed by atoms with Gasteiger partial charge in [0.15, 0.2) is 0 Å². The molecule has 1 aromatic rings. The lowest BCUT2D eigenvalue weighted by Crippen LogP contribution is -2.16. The Morgan fingerprint density at radius 1 is 1.33 bits per heavy atom. The van der Waals surface area contributed by atoms with Crippen LogP contribution in [0.3, 0.4) is 0 Å². The minimum absolute atomic E-state index is 0.194. The molecule has 15 heavy (non-hydrogen) atoms. The summed E-state index contributed by atoms with van der Waals surface area (Å²) in [6, 6.07) is 0.847. The first-order valence-electron chi connectivity index (χ1n) is 5.61. The third-order valence-electron chi connectivity index (χ3n) is 3.25. The van der Waals surface area contributed by atoms with E-state index >= 15 is 0 Å². The van der Waals surface area contributed by atoms with E-state index in [1.165, 1.54) is 12.8 Å². The van der Waals surface area contributed by atoms with E-state index in [2.05, 4.69) is 26.9 Å². The molecular weight excluding hydrogens is 188 g/mol. The number of hydrogen-bond donors (Lipinski definition) is 1. The SMILES string of the molecule is Cc1nnc(C2C=CC(N)C2)n1C1CC1. The van der Waals surface area contributed by atoms with Crippen molar-refractivity contribution >= 4 is 0 Å². The number of nitrogens with two attached hydrogens (primary N) is 1. The minimum atomic E-state index is 0.194. The quantitative estimate of drug-likeness (QED) is 0.738. The maximum absolute atomic E-state index is 5.87. The number of aromatic nitrogens is 3. The molecule has 80 valence electrons. The Balaban J connectivity index is 1.94. The first kappa shape index (κ1) is 9.09. The van der Waals surface area contributed by atoms with Gasteiger partial charge in [-0.15, -0.1) is 10.2 Å². The topological polar surface area (TPSA) is 56.7 Å². The third-order valence-corrected chi connectivity index (χ3v) is 3.25. The smallest absolute Gasteiger partial charge is 0.140 e. The molecule has 4 nitrogen and oxygen atoms in total. The van der Waals surface area contributed by atoms with Crippen LogP contribution in [0.2, 0.25) is 0 Å². The maximum Gasteiger partial charge on any atom is 0.140 e. The molecule has 2 atom stereocenters. The summed E-state index contributed by atoms with van der Waals surface area (Å²) >= 11 is 0. The molecule has 2 aliphatic carbocycles. The Hall–Kier alpha value is -1.16. The Kier molecular flexibility index (Phi) is 1.92. The van der Waals surface area contributed by atoms with Gasteiger partial charge in [0.2, 0.25) is 0 Å². The molecule has 2 N–H and O–H groups in total. The summed E-state index contributed by atoms with van der Waals surface area (Å²) in [5.74, 6) is 2.53. The first-order valence-corrected chi connectivity index (χ1v) is 5.61. The van der Waals surface area contributed by atoms with Gasteiger partial charge in [-0.1, -0.05) is 12.2 Å². The zero-order valence-corrected chi connectivity index (χ0v) is 8.93. The second kappa shape index (κ2) is 3.17. The fourth-order valence-corrected chi connectivity index (χ4v) is 2.34. The van der Waals surface area contributed by atoms with Crippen LogP contribution in [0.25, 0.3) is 0 Å². The highest BCUT2D eigenvalue weighted by Gasteiger charge is 2.31. The van der Waals surface area contributed by atoms with E-state index in [4.69, 9.17) is 5.73 Å². The highest BCUT2D eigenvalue weighted by Crippen LogP contribution is 2.39. The molecule has 0 saturated heterocycles. The molecule has 1 heterocycles.